The fraction of sp³-hybridized carbons (Fsp3) is 0.444. The Hall–Kier alpha value is -0.580. The molecule has 1 aromatic heterocycles. The Balaban J connectivity index is 2.08. The van der Waals surface area contributed by atoms with E-state index in [1.807, 2.05) is 12.1 Å². The van der Waals surface area contributed by atoms with Crippen molar-refractivity contribution in [3.8, 4) is 0 Å². The topological polar surface area (TPSA) is 42.4 Å². The van der Waals surface area contributed by atoms with E-state index in [-0.39, 0.29) is 6.61 Å². The number of hydrogen-bond donors (Lipinski definition) is 1. The molecule has 0 saturated carbocycles. The van der Waals surface area contributed by atoms with Gasteiger partial charge in [0, 0.05) is 11.8 Å². The first-order valence-corrected chi connectivity index (χ1v) is 5.07. The molecule has 1 fully saturated rings. The summed E-state index contributed by atoms with van der Waals surface area (Å²) in [5, 5.41) is 10.5. The van der Waals surface area contributed by atoms with Gasteiger partial charge in [0.25, 0.3) is 0 Å². The third-order valence-electron chi connectivity index (χ3n) is 1.91. The molecule has 1 saturated heterocycles. The number of hydrogen-bond acceptors (Lipinski definition) is 4. The van der Waals surface area contributed by atoms with Crippen molar-refractivity contribution in [3.63, 3.8) is 0 Å². The van der Waals surface area contributed by atoms with E-state index in [0.29, 0.717) is 5.25 Å². The lowest BCUT2D eigenvalue weighted by Gasteiger charge is -2.25. The van der Waals surface area contributed by atoms with E-state index < -0.39 is 0 Å². The second-order valence-corrected chi connectivity index (χ2v) is 4.19. The van der Waals surface area contributed by atoms with Crippen LogP contribution in [0.25, 0.3) is 0 Å². The molecule has 3 nitrogen and oxygen atoms in total. The summed E-state index contributed by atoms with van der Waals surface area (Å²) in [6.07, 6.45) is 1.75. The van der Waals surface area contributed by atoms with Crippen molar-refractivity contribution in [2.45, 2.75) is 16.9 Å². The van der Waals surface area contributed by atoms with Crippen LogP contribution in [-0.4, -0.2) is 28.6 Å². The van der Waals surface area contributed by atoms with Crippen LogP contribution in [0.4, 0.5) is 0 Å². The van der Waals surface area contributed by atoms with E-state index in [2.05, 4.69) is 4.98 Å². The van der Waals surface area contributed by atoms with Crippen LogP contribution < -0.4 is 0 Å². The zero-order valence-corrected chi connectivity index (χ0v) is 7.96. The highest BCUT2D eigenvalue weighted by Gasteiger charge is 2.21. The van der Waals surface area contributed by atoms with Crippen LogP contribution in [-0.2, 0) is 11.3 Å². The standard InChI is InChI=1S/C9H11NO2S/c11-4-7-2-1-3-10-9(7)13-8-5-12-6-8/h1-3,8,11H,4-6H2. The highest BCUT2D eigenvalue weighted by Crippen LogP contribution is 2.28. The fourth-order valence-electron chi connectivity index (χ4n) is 1.09. The number of aliphatic hydroxyl groups is 1. The number of ether oxygens (including phenoxy) is 1. The Morgan fingerprint density at radius 3 is 3.08 bits per heavy atom. The van der Waals surface area contributed by atoms with Gasteiger partial charge in [0.1, 0.15) is 5.03 Å². The van der Waals surface area contributed by atoms with Gasteiger partial charge in [-0.1, -0.05) is 17.8 Å². The van der Waals surface area contributed by atoms with Crippen molar-refractivity contribution in [2.24, 2.45) is 0 Å². The predicted molar refractivity (Wildman–Crippen MR) is 50.6 cm³/mol. The highest BCUT2D eigenvalue weighted by molar-refractivity contribution is 8.00. The SMILES string of the molecule is OCc1cccnc1SC1COC1. The van der Waals surface area contributed by atoms with Gasteiger partial charge in [-0.3, -0.25) is 0 Å². The summed E-state index contributed by atoms with van der Waals surface area (Å²) in [5.74, 6) is 0. The third kappa shape index (κ3) is 2.02. The summed E-state index contributed by atoms with van der Waals surface area (Å²) in [6.45, 7) is 1.65. The summed E-state index contributed by atoms with van der Waals surface area (Å²) in [4.78, 5) is 4.22. The Morgan fingerprint density at radius 2 is 2.46 bits per heavy atom. The van der Waals surface area contributed by atoms with E-state index in [9.17, 15) is 0 Å². The Kier molecular flexibility index (Phi) is 2.83. The highest BCUT2D eigenvalue weighted by atomic mass is 32.2. The summed E-state index contributed by atoms with van der Waals surface area (Å²) < 4.78 is 5.07. The van der Waals surface area contributed by atoms with Gasteiger partial charge in [-0.25, -0.2) is 4.98 Å². The van der Waals surface area contributed by atoms with Gasteiger partial charge < -0.3 is 9.84 Å². The van der Waals surface area contributed by atoms with Crippen molar-refractivity contribution in [1.29, 1.82) is 0 Å². The summed E-state index contributed by atoms with van der Waals surface area (Å²) in [6, 6.07) is 3.74. The molecule has 0 radical (unpaired) electrons. The molecule has 1 aliphatic heterocycles. The van der Waals surface area contributed by atoms with Crippen molar-refractivity contribution in [2.75, 3.05) is 13.2 Å². The summed E-state index contributed by atoms with van der Waals surface area (Å²) >= 11 is 1.69. The lowest BCUT2D eigenvalue weighted by atomic mass is 10.3. The van der Waals surface area contributed by atoms with Crippen LogP contribution in [0.3, 0.4) is 0 Å². The molecule has 2 heterocycles. The molecule has 0 atom stereocenters. The molecule has 0 spiro atoms. The molecule has 13 heavy (non-hydrogen) atoms. The third-order valence-corrected chi connectivity index (χ3v) is 3.10. The van der Waals surface area contributed by atoms with Gasteiger partial charge in [-0.15, -0.1) is 0 Å². The van der Waals surface area contributed by atoms with E-state index in [1.54, 1.807) is 18.0 Å². The summed E-state index contributed by atoms with van der Waals surface area (Å²) in [5.41, 5.74) is 0.902. The zero-order valence-electron chi connectivity index (χ0n) is 7.14. The number of aromatic nitrogens is 1. The van der Waals surface area contributed by atoms with Crippen LogP contribution in [0, 0.1) is 0 Å². The van der Waals surface area contributed by atoms with E-state index in [1.165, 1.54) is 0 Å². The first-order valence-electron chi connectivity index (χ1n) is 4.19. The number of thioether (sulfide) groups is 1. The fourth-order valence-corrected chi connectivity index (χ4v) is 2.14. The molecule has 0 aromatic carbocycles. The van der Waals surface area contributed by atoms with Gasteiger partial charge in [0.05, 0.1) is 25.1 Å². The van der Waals surface area contributed by atoms with Crippen molar-refractivity contribution in [3.05, 3.63) is 23.9 Å². The van der Waals surface area contributed by atoms with Gasteiger partial charge >= 0.3 is 0 Å². The molecular weight excluding hydrogens is 186 g/mol. The molecule has 0 unspecified atom stereocenters. The molecule has 4 heteroatoms. The maximum atomic E-state index is 9.04. The van der Waals surface area contributed by atoms with Gasteiger partial charge in [-0.05, 0) is 6.07 Å². The Morgan fingerprint density at radius 1 is 1.62 bits per heavy atom. The molecule has 1 aliphatic rings. The van der Waals surface area contributed by atoms with Crippen molar-refractivity contribution < 1.29 is 9.84 Å². The number of pyridine rings is 1. The molecule has 1 aromatic rings. The van der Waals surface area contributed by atoms with E-state index >= 15 is 0 Å². The van der Waals surface area contributed by atoms with Crippen LogP contribution in [0.15, 0.2) is 23.4 Å². The molecule has 0 aliphatic carbocycles. The number of aliphatic hydroxyl groups excluding tert-OH is 1. The average Bonchev–Trinajstić information content (AvgIpc) is 2.12. The molecule has 0 bridgehead atoms. The minimum atomic E-state index is 0.0593. The first-order chi connectivity index (χ1) is 6.40. The molecule has 2 rings (SSSR count). The minimum absolute atomic E-state index is 0.0593. The Labute approximate surface area is 81.1 Å². The maximum absolute atomic E-state index is 9.04. The monoisotopic (exact) mass is 197 g/mol. The smallest absolute Gasteiger partial charge is 0.102 e. The van der Waals surface area contributed by atoms with Gasteiger partial charge in [0.2, 0.25) is 0 Å². The minimum Gasteiger partial charge on any atom is -0.392 e. The lowest BCUT2D eigenvalue weighted by molar-refractivity contribution is 0.0454. The predicted octanol–water partition coefficient (Wildman–Crippen LogP) is 1.06. The number of nitrogens with zero attached hydrogens (tertiary/aromatic N) is 1. The molecule has 0 amide bonds. The van der Waals surface area contributed by atoms with E-state index in [4.69, 9.17) is 9.84 Å². The zero-order chi connectivity index (χ0) is 9.10. The van der Waals surface area contributed by atoms with Gasteiger partial charge in [0.15, 0.2) is 0 Å². The summed E-state index contributed by atoms with van der Waals surface area (Å²) in [7, 11) is 0. The first kappa shape index (κ1) is 8.99. The quantitative estimate of drug-likeness (QED) is 0.787. The van der Waals surface area contributed by atoms with Crippen LogP contribution in [0.1, 0.15) is 5.56 Å². The second kappa shape index (κ2) is 4.09. The van der Waals surface area contributed by atoms with Crippen LogP contribution in [0.2, 0.25) is 0 Å². The van der Waals surface area contributed by atoms with Crippen molar-refractivity contribution >= 4 is 11.8 Å². The average molecular weight is 197 g/mol. The molecule has 1 N–H and O–H groups in total. The molecule has 70 valence electrons. The lowest BCUT2D eigenvalue weighted by Crippen LogP contribution is -2.30. The molecular formula is C9H11NO2S. The van der Waals surface area contributed by atoms with Gasteiger partial charge in [-0.2, -0.15) is 0 Å². The van der Waals surface area contributed by atoms with Crippen molar-refractivity contribution in [1.82, 2.24) is 4.98 Å². The normalized spacial score (nSPS) is 17.0. The largest absolute Gasteiger partial charge is 0.392 e. The second-order valence-electron chi connectivity index (χ2n) is 2.90. The Bertz CT molecular complexity index is 289. The number of rotatable bonds is 3. The van der Waals surface area contributed by atoms with E-state index in [0.717, 1.165) is 23.8 Å². The van der Waals surface area contributed by atoms with Crippen LogP contribution in [0.5, 0.6) is 0 Å². The van der Waals surface area contributed by atoms with Crippen LogP contribution >= 0.6 is 11.8 Å². The maximum Gasteiger partial charge on any atom is 0.102 e.